The summed E-state index contributed by atoms with van der Waals surface area (Å²) in [5.41, 5.74) is 0. The Bertz CT molecular complexity index is 213. The molecule has 0 aromatic heterocycles. The molecule has 1 rings (SSSR count). The summed E-state index contributed by atoms with van der Waals surface area (Å²) in [5.74, 6) is 0. The van der Waals surface area contributed by atoms with Crippen LogP contribution in [0.15, 0.2) is 36.4 Å². The predicted octanol–water partition coefficient (Wildman–Crippen LogP) is 2.45. The van der Waals surface area contributed by atoms with Crippen LogP contribution >= 0.6 is 8.10 Å². The van der Waals surface area contributed by atoms with Gasteiger partial charge in [0.1, 0.15) is 0 Å². The molecule has 78 valence electrons. The van der Waals surface area contributed by atoms with Crippen LogP contribution in [-0.2, 0) is 4.57 Å². The molecule has 0 aliphatic heterocycles. The van der Waals surface area contributed by atoms with Gasteiger partial charge >= 0.3 is 8.10 Å². The fourth-order valence-corrected chi connectivity index (χ4v) is 1.46. The van der Waals surface area contributed by atoms with Crippen molar-refractivity contribution in [2.24, 2.45) is 0 Å². The Morgan fingerprint density at radius 2 is 0.929 bits per heavy atom. The summed E-state index contributed by atoms with van der Waals surface area (Å²) in [4.78, 5) is 0. The van der Waals surface area contributed by atoms with E-state index in [-0.39, 0.29) is 0 Å². The van der Waals surface area contributed by atoms with E-state index in [1.807, 2.05) is 36.4 Å². The Labute approximate surface area is 87.2 Å². The van der Waals surface area contributed by atoms with Gasteiger partial charge < -0.3 is 0 Å². The summed E-state index contributed by atoms with van der Waals surface area (Å²) in [6.45, 7) is 0. The first-order valence-corrected chi connectivity index (χ1v) is 5.54. The minimum absolute atomic E-state index is 1.28. The van der Waals surface area contributed by atoms with Gasteiger partial charge in [-0.15, -0.1) is 0 Å². The average molecular weight is 213 g/mol. The van der Waals surface area contributed by atoms with Crippen molar-refractivity contribution in [2.45, 2.75) is 0 Å². The first-order valence-electron chi connectivity index (χ1n) is 4.37. The highest BCUT2D eigenvalue weighted by molar-refractivity contribution is 7.39. The van der Waals surface area contributed by atoms with Crippen molar-refractivity contribution in [3.63, 3.8) is 0 Å². The maximum Gasteiger partial charge on any atom is 0.536 e. The molecule has 0 amide bonds. The van der Waals surface area contributed by atoms with Gasteiger partial charge in [-0.05, 0) is 4.57 Å². The Balaban J connectivity index is 0.000000249. The molecule has 0 saturated carbocycles. The Morgan fingerprint density at radius 3 is 1.00 bits per heavy atom. The third-order valence-corrected chi connectivity index (χ3v) is 2.72. The van der Waals surface area contributed by atoms with Gasteiger partial charge in [0.05, 0.1) is 0 Å². The van der Waals surface area contributed by atoms with E-state index in [2.05, 4.69) is 0 Å². The van der Waals surface area contributed by atoms with Crippen LogP contribution in [0.2, 0.25) is 0 Å². The molecule has 0 N–H and O–H groups in total. The van der Waals surface area contributed by atoms with Crippen LogP contribution < -0.4 is 0 Å². The van der Waals surface area contributed by atoms with E-state index in [0.29, 0.717) is 0 Å². The normalized spacial score (nSPS) is 9.57. The van der Waals surface area contributed by atoms with Crippen LogP contribution in [0.4, 0.5) is 0 Å². The summed E-state index contributed by atoms with van der Waals surface area (Å²) in [6, 6.07) is 12.0. The molecule has 0 bridgehead atoms. The van der Waals surface area contributed by atoms with Gasteiger partial charge in [0.25, 0.3) is 0 Å². The van der Waals surface area contributed by atoms with Gasteiger partial charge in [-0.3, -0.25) is 0 Å². The number of benzene rings is 1. The van der Waals surface area contributed by atoms with E-state index >= 15 is 0 Å². The van der Waals surface area contributed by atoms with Gasteiger partial charge in [-0.2, -0.15) is 0 Å². The van der Waals surface area contributed by atoms with E-state index < -0.39 is 8.10 Å². The van der Waals surface area contributed by atoms with Crippen molar-refractivity contribution in [1.29, 1.82) is 0 Å². The standard InChI is InChI=1S/C6H6.C4H12N2OP/c1-2-4-6-5-3-1;1-5(2)8(7)6(3)4/h1-6H;1-4H3/q;+1. The molecule has 1 aromatic rings. The van der Waals surface area contributed by atoms with Crippen molar-refractivity contribution in [2.75, 3.05) is 28.2 Å². The highest BCUT2D eigenvalue weighted by atomic mass is 31.1. The summed E-state index contributed by atoms with van der Waals surface area (Å²) in [7, 11) is 5.88. The zero-order chi connectivity index (χ0) is 11.0. The fourth-order valence-electron chi connectivity index (χ4n) is 0.743. The SMILES string of the molecule is CN(C)[P+](=O)N(C)C.c1ccccc1. The van der Waals surface area contributed by atoms with E-state index in [9.17, 15) is 4.57 Å². The van der Waals surface area contributed by atoms with E-state index in [0.717, 1.165) is 0 Å². The van der Waals surface area contributed by atoms with Crippen LogP contribution in [0.3, 0.4) is 0 Å². The molecular weight excluding hydrogens is 195 g/mol. The number of rotatable bonds is 2. The van der Waals surface area contributed by atoms with Crippen LogP contribution in [-0.4, -0.2) is 37.5 Å². The predicted molar refractivity (Wildman–Crippen MR) is 61.4 cm³/mol. The smallest absolute Gasteiger partial charge is 0.0851 e. The maximum absolute atomic E-state index is 10.8. The molecule has 1 aromatic carbocycles. The maximum atomic E-state index is 10.8. The van der Waals surface area contributed by atoms with Crippen LogP contribution in [0, 0.1) is 0 Å². The minimum Gasteiger partial charge on any atom is -0.0851 e. The highest BCUT2D eigenvalue weighted by Crippen LogP contribution is 2.23. The number of hydrogen-bond donors (Lipinski definition) is 0. The van der Waals surface area contributed by atoms with E-state index in [1.165, 1.54) is 0 Å². The van der Waals surface area contributed by atoms with Crippen molar-refractivity contribution < 1.29 is 4.57 Å². The number of hydrogen-bond acceptors (Lipinski definition) is 1. The lowest BCUT2D eigenvalue weighted by Crippen LogP contribution is -2.11. The summed E-state index contributed by atoms with van der Waals surface area (Å²) < 4.78 is 14.2. The first-order chi connectivity index (χ1) is 6.55. The summed E-state index contributed by atoms with van der Waals surface area (Å²) >= 11 is 0. The van der Waals surface area contributed by atoms with Gasteiger partial charge in [-0.1, -0.05) is 45.7 Å². The molecule has 0 saturated heterocycles. The quantitative estimate of drug-likeness (QED) is 0.705. The monoisotopic (exact) mass is 213 g/mol. The van der Waals surface area contributed by atoms with E-state index in [4.69, 9.17) is 0 Å². The minimum atomic E-state index is -1.28. The molecule has 14 heavy (non-hydrogen) atoms. The van der Waals surface area contributed by atoms with Crippen LogP contribution in [0.1, 0.15) is 0 Å². The van der Waals surface area contributed by atoms with Gasteiger partial charge in [0.2, 0.25) is 0 Å². The molecule has 4 heteroatoms. The Morgan fingerprint density at radius 1 is 0.714 bits per heavy atom. The third kappa shape index (κ3) is 6.72. The Kier molecular flexibility index (Phi) is 7.21. The third-order valence-electron chi connectivity index (χ3n) is 1.35. The molecule has 0 unspecified atom stereocenters. The molecule has 0 atom stereocenters. The molecule has 0 fully saturated rings. The molecule has 0 radical (unpaired) electrons. The van der Waals surface area contributed by atoms with Gasteiger partial charge in [0.15, 0.2) is 0 Å². The lowest BCUT2D eigenvalue weighted by molar-refractivity contribution is 0.474. The Hall–Kier alpha value is -0.760. The molecule has 3 nitrogen and oxygen atoms in total. The lowest BCUT2D eigenvalue weighted by atomic mass is 10.4. The fraction of sp³-hybridized carbons (Fsp3) is 0.400. The molecular formula is C10H18N2OP+. The van der Waals surface area contributed by atoms with Crippen molar-refractivity contribution in [1.82, 2.24) is 9.34 Å². The second-order valence-corrected chi connectivity index (χ2v) is 5.21. The zero-order valence-corrected chi connectivity index (χ0v) is 10.1. The summed E-state index contributed by atoms with van der Waals surface area (Å²) in [6.07, 6.45) is 0. The zero-order valence-electron chi connectivity index (χ0n) is 9.21. The average Bonchev–Trinajstić information content (AvgIpc) is 2.20. The van der Waals surface area contributed by atoms with Crippen LogP contribution in [0.25, 0.3) is 0 Å². The van der Waals surface area contributed by atoms with E-state index in [1.54, 1.807) is 37.5 Å². The second kappa shape index (κ2) is 7.63. The molecule has 0 aliphatic rings. The second-order valence-electron chi connectivity index (χ2n) is 3.10. The summed E-state index contributed by atoms with van der Waals surface area (Å²) in [5, 5.41) is 0. The highest BCUT2D eigenvalue weighted by Gasteiger charge is 2.21. The first kappa shape index (κ1) is 13.2. The molecule has 0 aliphatic carbocycles. The van der Waals surface area contributed by atoms with Crippen molar-refractivity contribution in [3.8, 4) is 0 Å². The lowest BCUT2D eigenvalue weighted by Gasteiger charge is -1.97. The van der Waals surface area contributed by atoms with Gasteiger partial charge in [0, 0.05) is 28.2 Å². The van der Waals surface area contributed by atoms with Crippen LogP contribution in [0.5, 0.6) is 0 Å². The van der Waals surface area contributed by atoms with Crippen molar-refractivity contribution in [3.05, 3.63) is 36.4 Å². The topological polar surface area (TPSA) is 23.6 Å². The van der Waals surface area contributed by atoms with Crippen molar-refractivity contribution >= 4 is 8.10 Å². The molecule has 0 heterocycles. The van der Waals surface area contributed by atoms with Gasteiger partial charge in [-0.25, -0.2) is 0 Å². The number of nitrogens with zero attached hydrogens (tertiary/aromatic N) is 2. The molecule has 0 spiro atoms. The largest absolute Gasteiger partial charge is 0.536 e.